The van der Waals surface area contributed by atoms with E-state index >= 15 is 0 Å². The highest BCUT2D eigenvalue weighted by Crippen LogP contribution is 2.61. The van der Waals surface area contributed by atoms with Gasteiger partial charge in [-0.3, -0.25) is 13.9 Å². The Bertz CT molecular complexity index is 4300. The molecule has 598 valence electrons. The van der Waals surface area contributed by atoms with Crippen molar-refractivity contribution in [2.75, 3.05) is 21.3 Å². The summed E-state index contributed by atoms with van der Waals surface area (Å²) >= 11 is 0. The van der Waals surface area contributed by atoms with Gasteiger partial charge in [-0.15, -0.1) is 0 Å². The number of esters is 1. The van der Waals surface area contributed by atoms with Crippen molar-refractivity contribution in [3.63, 3.8) is 0 Å². The SMILES string of the molecule is COc1cccc([S+](c2cccc(OC)c2)c2cccc(OC)c2)c1.O=C(OC(C(F)(F)F)C(F)(F)S(=O)(=O)O)C12CC3CC(CC(C3)C1)C2.O=S(=O)(O)C(F)(F)C(F)(F)C(F)(F)S(=O)(=O)Oc1c(C2CCCCC2)cc(C2CCCCC2)cc1C1CCCCC1.c1ccc([S+](c2ccccc2)c2ccccc2)cc1. The Morgan fingerprint density at radius 1 is 0.427 bits per heavy atom. The second-order valence-corrected chi connectivity index (χ2v) is 37.4. The fourth-order valence-corrected chi connectivity index (χ4v) is 22.5. The van der Waals surface area contributed by atoms with Crippen molar-refractivity contribution in [3.8, 4) is 23.0 Å². The predicted octanol–water partition coefficient (Wildman–Crippen LogP) is 21.0. The normalized spacial score (nSPS) is 20.5. The van der Waals surface area contributed by atoms with E-state index in [4.69, 9.17) is 27.5 Å². The third-order valence-electron chi connectivity index (χ3n) is 21.3. The van der Waals surface area contributed by atoms with Gasteiger partial charge in [0, 0.05) is 18.2 Å². The average molecular weight is 1640 g/mol. The van der Waals surface area contributed by atoms with Crippen molar-refractivity contribution in [1.29, 1.82) is 0 Å². The van der Waals surface area contributed by atoms with Gasteiger partial charge < -0.3 is 23.1 Å². The maximum atomic E-state index is 14.9. The zero-order chi connectivity index (χ0) is 79.7. The molecule has 4 bridgehead atoms. The van der Waals surface area contributed by atoms with Crippen molar-refractivity contribution in [2.24, 2.45) is 23.2 Å². The van der Waals surface area contributed by atoms with Crippen molar-refractivity contribution in [3.05, 3.63) is 193 Å². The van der Waals surface area contributed by atoms with E-state index in [-0.39, 0.29) is 87.7 Å². The summed E-state index contributed by atoms with van der Waals surface area (Å²) in [6.45, 7) is 0. The molecule has 7 fully saturated rings. The third kappa shape index (κ3) is 19.4. The van der Waals surface area contributed by atoms with Gasteiger partial charge in [-0.25, -0.2) is 0 Å². The Labute approximate surface area is 640 Å². The highest BCUT2D eigenvalue weighted by Gasteiger charge is 2.83. The summed E-state index contributed by atoms with van der Waals surface area (Å²) in [6.07, 6.45) is 5.20. The van der Waals surface area contributed by atoms with Gasteiger partial charge in [0.1, 0.15) is 23.0 Å². The summed E-state index contributed by atoms with van der Waals surface area (Å²) in [4.78, 5) is 20.0. The number of hydrogen-bond donors (Lipinski definition) is 2. The number of carbonyl (C=O) groups excluding carboxylic acids is 1. The Morgan fingerprint density at radius 3 is 1.07 bits per heavy atom. The van der Waals surface area contributed by atoms with E-state index < -0.39 is 81.5 Å². The largest absolute Gasteiger partial charge is 0.497 e. The standard InChI is InChI=1S/C27H36F6O6S2.C21H21O3S.C18H15S.C14H17F5O5S/c28-25(29,26(30,31)40(34,35)36)27(32,33)41(37,38)39-24-22(19-12-6-2-7-13-19)16-21(18-10-4-1-5-11-18)17-23(24)20-14-8-3-9-15-20;1-22-16-7-4-10-19(13-16)25(20-11-5-8-17(14-20)23-2)21-12-6-9-18(15-21)24-3;1-4-10-16(11-5-1)19(17-12-6-2-7-13-17)18-14-8-3-9-15-18;15-13(16,17)10(14(18,19)25(21,22)23)24-11(20)12-4-7-1-8(5-12)3-9(2-7)6-12/h16-20H,1-15H2,(H,34,35,36);4-15H,1-3H3;1-15H;7-10H,1-6H2,(H,21,22,23)/q;2*+1;. The zero-order valence-electron chi connectivity index (χ0n) is 60.6. The quantitative estimate of drug-likeness (QED) is 0.0213. The smallest absolute Gasteiger partial charge is 0.450 e. The molecule has 0 radical (unpaired) electrons. The summed E-state index contributed by atoms with van der Waals surface area (Å²) in [5, 5.41) is -19.2. The molecule has 7 aliphatic rings. The second-order valence-electron chi connectivity index (χ2n) is 28.8. The van der Waals surface area contributed by atoms with Crippen molar-refractivity contribution >= 4 is 58.1 Å². The lowest BCUT2D eigenvalue weighted by atomic mass is 9.49. The maximum Gasteiger partial charge on any atom is 0.450 e. The van der Waals surface area contributed by atoms with E-state index in [1.165, 1.54) is 29.4 Å². The number of methoxy groups -OCH3 is 3. The lowest BCUT2D eigenvalue weighted by Gasteiger charge is -2.55. The number of alkyl halides is 11. The first-order chi connectivity index (χ1) is 52.0. The molecule has 0 heterocycles. The van der Waals surface area contributed by atoms with Gasteiger partial charge in [0.05, 0.1) is 48.5 Å². The Hall–Kier alpha value is -7.09. The van der Waals surface area contributed by atoms with Crippen molar-refractivity contribution in [1.82, 2.24) is 0 Å². The molecule has 7 saturated carbocycles. The highest BCUT2D eigenvalue weighted by molar-refractivity contribution is 7.97. The van der Waals surface area contributed by atoms with Crippen LogP contribution in [0.4, 0.5) is 48.3 Å². The summed E-state index contributed by atoms with van der Waals surface area (Å²) in [5.41, 5.74) is 0.175. The van der Waals surface area contributed by atoms with Crippen LogP contribution < -0.4 is 18.4 Å². The van der Waals surface area contributed by atoms with E-state index in [9.17, 15) is 78.3 Å². The minimum atomic E-state index is -7.13. The van der Waals surface area contributed by atoms with Crippen LogP contribution in [-0.2, 0) is 61.7 Å². The number of carbonyl (C=O) groups is 1. The van der Waals surface area contributed by atoms with E-state index in [1.807, 2.05) is 36.4 Å². The van der Waals surface area contributed by atoms with E-state index in [1.54, 1.807) is 33.5 Å². The molecule has 0 aromatic heterocycles. The van der Waals surface area contributed by atoms with Crippen LogP contribution in [0.3, 0.4) is 0 Å². The van der Waals surface area contributed by atoms with Crippen LogP contribution in [0.1, 0.15) is 169 Å². The second kappa shape index (κ2) is 35.5. The molecular formula is C80H89F11O14S5+2. The van der Waals surface area contributed by atoms with Crippen LogP contribution in [0.2, 0.25) is 0 Å². The van der Waals surface area contributed by atoms with Crippen LogP contribution in [0, 0.1) is 23.2 Å². The number of halogens is 11. The first-order valence-corrected chi connectivity index (χ1v) is 43.1. The molecule has 0 aliphatic heterocycles. The van der Waals surface area contributed by atoms with Gasteiger partial charge >= 0.3 is 64.2 Å². The molecule has 14 nitrogen and oxygen atoms in total. The van der Waals surface area contributed by atoms with Gasteiger partial charge in [0.2, 0.25) is 0 Å². The summed E-state index contributed by atoms with van der Waals surface area (Å²) in [7, 11) is -15.7. The number of ether oxygens (including phenoxy) is 4. The van der Waals surface area contributed by atoms with Crippen molar-refractivity contribution < 1.29 is 111 Å². The lowest BCUT2D eigenvalue weighted by Crippen LogP contribution is -2.61. The molecule has 1 atom stereocenters. The molecule has 1 unspecified atom stereocenters. The number of rotatable bonds is 22. The van der Waals surface area contributed by atoms with Crippen LogP contribution in [-0.4, -0.2) is 95.6 Å². The number of hydrogen-bond acceptors (Lipinski definition) is 12. The Kier molecular flexibility index (Phi) is 27.6. The molecule has 0 spiro atoms. The summed E-state index contributed by atoms with van der Waals surface area (Å²) in [6, 6.07) is 60.1. The topological polar surface area (TPSA) is 206 Å². The zero-order valence-corrected chi connectivity index (χ0v) is 64.7. The van der Waals surface area contributed by atoms with Gasteiger partial charge in [-0.05, 0) is 202 Å². The molecule has 0 saturated heterocycles. The molecular weight excluding hydrogens is 1550 g/mol. The van der Waals surface area contributed by atoms with Crippen LogP contribution in [0.25, 0.3) is 0 Å². The van der Waals surface area contributed by atoms with Crippen molar-refractivity contribution in [2.45, 2.75) is 216 Å². The van der Waals surface area contributed by atoms with E-state index in [2.05, 4.69) is 132 Å². The van der Waals surface area contributed by atoms with Gasteiger partial charge in [0.15, 0.2) is 29.4 Å². The third-order valence-corrected chi connectivity index (χ3v) is 28.8. The van der Waals surface area contributed by atoms with Crippen LogP contribution >= 0.6 is 0 Å². The molecule has 7 aromatic carbocycles. The molecule has 7 aliphatic carbocycles. The first-order valence-electron chi connectivity index (χ1n) is 36.4. The minimum absolute atomic E-state index is 0.0146. The molecule has 0 amide bonds. The minimum Gasteiger partial charge on any atom is -0.497 e. The molecule has 30 heteroatoms. The molecule has 7 aromatic rings. The summed E-state index contributed by atoms with van der Waals surface area (Å²) in [5.74, 6) is -6.58. The van der Waals surface area contributed by atoms with Gasteiger partial charge in [0.25, 0.3) is 6.10 Å². The first kappa shape index (κ1) is 85.3. The Balaban J connectivity index is 0.000000163. The molecule has 2 N–H and O–H groups in total. The Morgan fingerprint density at radius 2 is 0.755 bits per heavy atom. The van der Waals surface area contributed by atoms with Crippen LogP contribution in [0.15, 0.2) is 205 Å². The fourth-order valence-electron chi connectivity index (χ4n) is 16.3. The van der Waals surface area contributed by atoms with Gasteiger partial charge in [-0.2, -0.15) is 73.5 Å². The van der Waals surface area contributed by atoms with Crippen LogP contribution in [0.5, 0.6) is 23.0 Å². The highest BCUT2D eigenvalue weighted by atomic mass is 32.2. The lowest BCUT2D eigenvalue weighted by molar-refractivity contribution is -0.266. The fraction of sp³-hybridized carbons (Fsp3) is 0.463. The number of benzene rings is 7. The maximum absolute atomic E-state index is 14.9. The monoisotopic (exact) mass is 1640 g/mol. The molecule has 14 rings (SSSR count). The molecule has 110 heavy (non-hydrogen) atoms. The average Bonchev–Trinajstić information content (AvgIpc) is 0.722. The summed E-state index contributed by atoms with van der Waals surface area (Å²) < 4.78 is 263. The van der Waals surface area contributed by atoms with E-state index in [0.717, 1.165) is 113 Å². The van der Waals surface area contributed by atoms with E-state index in [0.29, 0.717) is 25.7 Å². The predicted molar refractivity (Wildman–Crippen MR) is 396 cm³/mol. The van der Waals surface area contributed by atoms with Gasteiger partial charge in [-0.1, -0.05) is 143 Å².